The van der Waals surface area contributed by atoms with E-state index in [1.807, 2.05) is 12.4 Å². The molecule has 0 aromatic carbocycles. The van der Waals surface area contributed by atoms with Crippen LogP contribution in [-0.2, 0) is 0 Å². The maximum Gasteiger partial charge on any atom is 0.0901 e. The number of nitrogens with zero attached hydrogens (tertiary/aromatic N) is 3. The fraction of sp³-hybridized carbons (Fsp3) is 1.00. The second kappa shape index (κ2) is 5.10. The first-order chi connectivity index (χ1) is 4.72. The zero-order valence-electron chi connectivity index (χ0n) is 6.15. The Balaban J connectivity index is 3.40. The number of likely N-dealkylation sites (N-methyl/N-ethyl adjacent to an activating group) is 2. The van der Waals surface area contributed by atoms with Crippen molar-refractivity contribution < 1.29 is 5.32 Å². The van der Waals surface area contributed by atoms with Crippen molar-refractivity contribution in [2.45, 2.75) is 0 Å². The highest BCUT2D eigenvalue weighted by Gasteiger charge is 1.97. The standard InChI is InChI=1S/C4H11N4O2/c1-5-3-4-7(2)8(10)6-9/h5H,3-4H2,1-2H3/q-1/p+1. The van der Waals surface area contributed by atoms with Crippen molar-refractivity contribution in [1.82, 2.24) is 10.3 Å². The van der Waals surface area contributed by atoms with Gasteiger partial charge in [0.15, 0.2) is 0 Å². The van der Waals surface area contributed by atoms with E-state index in [0.29, 0.717) is 6.54 Å². The van der Waals surface area contributed by atoms with E-state index in [1.165, 1.54) is 12.1 Å². The highest BCUT2D eigenvalue weighted by atomic mass is 16.6. The fourth-order valence-corrected chi connectivity index (χ4v) is 0.464. The van der Waals surface area contributed by atoms with Crippen LogP contribution in [0.25, 0.3) is 0 Å². The van der Waals surface area contributed by atoms with Gasteiger partial charge in [0.2, 0.25) is 0 Å². The molecular weight excluding hydrogens is 136 g/mol. The van der Waals surface area contributed by atoms with Gasteiger partial charge in [-0.1, -0.05) is 0 Å². The molecule has 0 aliphatic carbocycles. The summed E-state index contributed by atoms with van der Waals surface area (Å²) >= 11 is 0. The van der Waals surface area contributed by atoms with E-state index >= 15 is 0 Å². The van der Waals surface area contributed by atoms with Gasteiger partial charge in [-0.3, -0.25) is 5.28 Å². The van der Waals surface area contributed by atoms with E-state index in [2.05, 4.69) is 5.29 Å². The highest BCUT2D eigenvalue weighted by molar-refractivity contribution is 4.44. The van der Waals surface area contributed by atoms with Crippen LogP contribution < -0.4 is 5.32 Å². The zero-order valence-corrected chi connectivity index (χ0v) is 6.15. The van der Waals surface area contributed by atoms with Crippen LogP contribution in [0, 0.1) is 10.1 Å². The van der Waals surface area contributed by atoms with Gasteiger partial charge in [0.1, 0.15) is 0 Å². The van der Waals surface area contributed by atoms with Gasteiger partial charge in [-0.05, 0) is 0 Å². The fourth-order valence-electron chi connectivity index (χ4n) is 0.464. The van der Waals surface area contributed by atoms with Crippen molar-refractivity contribution >= 4 is 0 Å². The van der Waals surface area contributed by atoms with Crippen molar-refractivity contribution in [2.24, 2.45) is 5.29 Å². The summed E-state index contributed by atoms with van der Waals surface area (Å²) in [5.41, 5.74) is 0. The van der Waals surface area contributed by atoms with Gasteiger partial charge < -0.3 is 10.5 Å². The molecule has 6 heteroatoms. The van der Waals surface area contributed by atoms with Crippen LogP contribution in [0.3, 0.4) is 0 Å². The van der Waals surface area contributed by atoms with Gasteiger partial charge in [0.25, 0.3) is 0 Å². The lowest BCUT2D eigenvalue weighted by atomic mass is 10.6. The SMILES string of the molecule is C[NH2+]CCN(C)N([O-])N=O. The van der Waals surface area contributed by atoms with Gasteiger partial charge in [0, 0.05) is 7.05 Å². The number of hydrogen-bond donors (Lipinski definition) is 1. The average molecular weight is 148 g/mol. The molecular formula is C4H12N4O2. The molecule has 0 heterocycles. The molecule has 0 atom stereocenters. The Bertz CT molecular complexity index is 99.3. The van der Waals surface area contributed by atoms with Gasteiger partial charge >= 0.3 is 0 Å². The summed E-state index contributed by atoms with van der Waals surface area (Å²) in [5, 5.41) is 15.7. The molecule has 0 amide bonds. The molecule has 60 valence electrons. The van der Waals surface area contributed by atoms with Crippen molar-refractivity contribution in [2.75, 3.05) is 27.2 Å². The molecule has 0 rings (SSSR count). The molecule has 2 N–H and O–H groups in total. The van der Waals surface area contributed by atoms with Crippen molar-refractivity contribution in [3.8, 4) is 0 Å². The van der Waals surface area contributed by atoms with E-state index in [-0.39, 0.29) is 5.28 Å². The first-order valence-corrected chi connectivity index (χ1v) is 3.01. The molecule has 0 aliphatic heterocycles. The Morgan fingerprint density at radius 2 is 2.30 bits per heavy atom. The molecule has 6 nitrogen and oxygen atoms in total. The number of rotatable bonds is 5. The van der Waals surface area contributed by atoms with Gasteiger partial charge in [-0.2, -0.15) is 0 Å². The molecule has 0 aromatic heterocycles. The van der Waals surface area contributed by atoms with Crippen LogP contribution in [0.1, 0.15) is 0 Å². The van der Waals surface area contributed by atoms with Crippen LogP contribution in [0.2, 0.25) is 0 Å². The molecule has 0 unspecified atom stereocenters. The minimum atomic E-state index is 0.0312. The monoisotopic (exact) mass is 148 g/mol. The predicted octanol–water partition coefficient (Wildman–Crippen LogP) is -1.49. The summed E-state index contributed by atoms with van der Waals surface area (Å²) in [6, 6.07) is 0. The van der Waals surface area contributed by atoms with Gasteiger partial charge in [0.05, 0.1) is 25.4 Å². The molecule has 10 heavy (non-hydrogen) atoms. The summed E-state index contributed by atoms with van der Waals surface area (Å²) in [5.74, 6) is 0. The summed E-state index contributed by atoms with van der Waals surface area (Å²) in [7, 11) is 3.40. The van der Waals surface area contributed by atoms with Gasteiger partial charge in [-0.25, -0.2) is 5.01 Å². The second-order valence-corrected chi connectivity index (χ2v) is 1.91. The molecule has 0 aliphatic rings. The number of nitrogens with two attached hydrogens (primary N) is 1. The van der Waals surface area contributed by atoms with E-state index in [0.717, 1.165) is 6.54 Å². The lowest BCUT2D eigenvalue weighted by Gasteiger charge is -2.29. The van der Waals surface area contributed by atoms with Crippen molar-refractivity contribution in [3.05, 3.63) is 10.1 Å². The van der Waals surface area contributed by atoms with E-state index < -0.39 is 0 Å². The Kier molecular flexibility index (Phi) is 4.73. The molecule has 0 spiro atoms. The van der Waals surface area contributed by atoms with Crippen LogP contribution in [0.15, 0.2) is 5.29 Å². The van der Waals surface area contributed by atoms with Crippen LogP contribution >= 0.6 is 0 Å². The molecule has 0 fully saturated rings. The third-order valence-electron chi connectivity index (χ3n) is 1.10. The Morgan fingerprint density at radius 1 is 1.70 bits per heavy atom. The van der Waals surface area contributed by atoms with E-state index in [1.54, 1.807) is 0 Å². The van der Waals surface area contributed by atoms with Crippen molar-refractivity contribution in [3.63, 3.8) is 0 Å². The summed E-state index contributed by atoms with van der Waals surface area (Å²) in [6.45, 7) is 1.29. The minimum Gasteiger partial charge on any atom is -0.724 e. The predicted molar refractivity (Wildman–Crippen MR) is 36.3 cm³/mol. The van der Waals surface area contributed by atoms with Crippen molar-refractivity contribution in [1.29, 1.82) is 0 Å². The quantitative estimate of drug-likeness (QED) is 0.380. The first-order valence-electron chi connectivity index (χ1n) is 3.01. The summed E-state index contributed by atoms with van der Waals surface area (Å²) in [6.07, 6.45) is 0. The van der Waals surface area contributed by atoms with Crippen LogP contribution in [0.4, 0.5) is 0 Å². The second-order valence-electron chi connectivity index (χ2n) is 1.91. The number of hydrogen-bond acceptors (Lipinski definition) is 4. The van der Waals surface area contributed by atoms with E-state index in [4.69, 9.17) is 0 Å². The maximum absolute atomic E-state index is 10.4. The van der Waals surface area contributed by atoms with E-state index in [9.17, 15) is 10.1 Å². The Morgan fingerprint density at radius 3 is 2.70 bits per heavy atom. The smallest absolute Gasteiger partial charge is 0.0901 e. The molecule has 0 saturated heterocycles. The van der Waals surface area contributed by atoms with Crippen LogP contribution in [0.5, 0.6) is 0 Å². The Hall–Kier alpha value is -0.720. The lowest BCUT2D eigenvalue weighted by Crippen LogP contribution is -2.81. The molecule has 0 radical (unpaired) electrons. The largest absolute Gasteiger partial charge is 0.724 e. The first kappa shape index (κ1) is 9.28. The normalized spacial score (nSPS) is 10.0. The van der Waals surface area contributed by atoms with Crippen LogP contribution in [-0.4, -0.2) is 37.5 Å². The maximum atomic E-state index is 10.4. The third-order valence-corrected chi connectivity index (χ3v) is 1.10. The topological polar surface area (TPSA) is 75.6 Å². The molecule has 0 aromatic rings. The molecule has 0 saturated carbocycles. The number of nitroso groups, excluding NO2 is 1. The van der Waals surface area contributed by atoms with Gasteiger partial charge in [-0.15, -0.1) is 4.91 Å². The third kappa shape index (κ3) is 3.33. The number of quaternary nitrogens is 1. The number of hydrazine groups is 1. The minimum absolute atomic E-state index is 0.0312. The summed E-state index contributed by atoms with van der Waals surface area (Å²) in [4.78, 5) is 9.62. The summed E-state index contributed by atoms with van der Waals surface area (Å²) < 4.78 is 0. The zero-order chi connectivity index (χ0) is 7.98. The molecule has 0 bridgehead atoms. The lowest BCUT2D eigenvalue weighted by molar-refractivity contribution is -0.627. The highest BCUT2D eigenvalue weighted by Crippen LogP contribution is 1.88. The average Bonchev–Trinajstić information content (AvgIpc) is 1.98. The Labute approximate surface area is 59.3 Å².